The predicted octanol–water partition coefficient (Wildman–Crippen LogP) is 3.39. The summed E-state index contributed by atoms with van der Waals surface area (Å²) in [5.41, 5.74) is 1.82. The number of rotatable bonds is 3. The summed E-state index contributed by atoms with van der Waals surface area (Å²) in [5, 5.41) is 12.9. The molecule has 1 aliphatic carbocycles. The summed E-state index contributed by atoms with van der Waals surface area (Å²) < 4.78 is 0. The van der Waals surface area contributed by atoms with Crippen molar-refractivity contribution in [3.8, 4) is 11.8 Å². The van der Waals surface area contributed by atoms with Crippen LogP contribution in [0.4, 0.5) is 0 Å². The molecule has 3 nitrogen and oxygen atoms in total. The van der Waals surface area contributed by atoms with E-state index in [0.29, 0.717) is 6.42 Å². The maximum atomic E-state index is 8.76. The van der Waals surface area contributed by atoms with Crippen molar-refractivity contribution in [2.24, 2.45) is 11.1 Å². The lowest BCUT2D eigenvalue weighted by atomic mass is 9.96. The molecule has 1 aromatic rings. The Balaban J connectivity index is 2.13. The Morgan fingerprint density at radius 2 is 2.17 bits per heavy atom. The minimum atomic E-state index is 0.0176. The molecular weight excluding hydrogens is 224 g/mol. The molecule has 0 heterocycles. The van der Waals surface area contributed by atoms with Crippen molar-refractivity contribution in [2.75, 3.05) is 0 Å². The highest BCUT2D eigenvalue weighted by Crippen LogP contribution is 2.18. The van der Waals surface area contributed by atoms with Gasteiger partial charge in [0.25, 0.3) is 0 Å². The highest BCUT2D eigenvalue weighted by molar-refractivity contribution is 5.99. The van der Waals surface area contributed by atoms with E-state index in [9.17, 15) is 0 Å². The number of benzene rings is 1. The van der Waals surface area contributed by atoms with Gasteiger partial charge in [-0.25, -0.2) is 0 Å². The fourth-order valence-corrected chi connectivity index (χ4v) is 1.70. The van der Waals surface area contributed by atoms with Gasteiger partial charge in [0.15, 0.2) is 5.75 Å². The molecule has 2 rings (SSSR count). The molecule has 0 N–H and O–H groups in total. The van der Waals surface area contributed by atoms with Gasteiger partial charge in [0.2, 0.25) is 0 Å². The summed E-state index contributed by atoms with van der Waals surface area (Å²) in [6.07, 6.45) is 8.07. The van der Waals surface area contributed by atoms with E-state index in [1.165, 1.54) is 0 Å². The Bertz CT molecular complexity index is 550. The number of hydrogen-bond acceptors (Lipinski definition) is 3. The first-order valence-corrected chi connectivity index (χ1v) is 5.83. The number of nitriles is 1. The van der Waals surface area contributed by atoms with Crippen LogP contribution >= 0.6 is 0 Å². The summed E-state index contributed by atoms with van der Waals surface area (Å²) in [6.45, 7) is 1.97. The average Bonchev–Trinajstić information content (AvgIpc) is 2.40. The van der Waals surface area contributed by atoms with E-state index in [0.717, 1.165) is 17.0 Å². The topological polar surface area (TPSA) is 45.4 Å². The maximum Gasteiger partial charge on any atom is 0.160 e. The molecule has 1 aliphatic rings. The molecule has 90 valence electrons. The summed E-state index contributed by atoms with van der Waals surface area (Å²) >= 11 is 0. The molecule has 0 aliphatic heterocycles. The van der Waals surface area contributed by atoms with Crippen LogP contribution in [-0.2, 0) is 0 Å². The molecule has 0 bridgehead atoms. The monoisotopic (exact) mass is 238 g/mol. The SMILES string of the molecule is Cc1ccccc1ON=C1C=CC=CC1CC#N. The molecule has 0 saturated carbocycles. The number of nitrogens with zero attached hydrogens (tertiary/aromatic N) is 2. The third kappa shape index (κ3) is 2.86. The highest BCUT2D eigenvalue weighted by atomic mass is 16.6. The van der Waals surface area contributed by atoms with Crippen molar-refractivity contribution in [1.29, 1.82) is 5.26 Å². The van der Waals surface area contributed by atoms with Gasteiger partial charge in [0, 0.05) is 12.3 Å². The van der Waals surface area contributed by atoms with Gasteiger partial charge < -0.3 is 4.84 Å². The van der Waals surface area contributed by atoms with Gasteiger partial charge in [-0.3, -0.25) is 0 Å². The van der Waals surface area contributed by atoms with E-state index in [1.807, 2.05) is 55.5 Å². The predicted molar refractivity (Wildman–Crippen MR) is 71.2 cm³/mol. The first-order chi connectivity index (χ1) is 8.81. The Morgan fingerprint density at radius 3 is 2.94 bits per heavy atom. The second-order valence-electron chi connectivity index (χ2n) is 4.09. The highest BCUT2D eigenvalue weighted by Gasteiger charge is 2.13. The van der Waals surface area contributed by atoms with E-state index in [4.69, 9.17) is 10.1 Å². The van der Waals surface area contributed by atoms with Gasteiger partial charge in [-0.2, -0.15) is 5.26 Å². The second kappa shape index (κ2) is 5.83. The van der Waals surface area contributed by atoms with Crippen molar-refractivity contribution >= 4 is 5.71 Å². The molecule has 1 atom stereocenters. The van der Waals surface area contributed by atoms with E-state index in [2.05, 4.69) is 11.2 Å². The molecule has 0 aromatic heterocycles. The van der Waals surface area contributed by atoms with Crippen LogP contribution < -0.4 is 4.84 Å². The minimum absolute atomic E-state index is 0.0176. The van der Waals surface area contributed by atoms with Gasteiger partial charge in [-0.1, -0.05) is 41.6 Å². The molecule has 1 unspecified atom stereocenters. The zero-order valence-corrected chi connectivity index (χ0v) is 10.2. The lowest BCUT2D eigenvalue weighted by Crippen LogP contribution is -2.12. The second-order valence-corrected chi connectivity index (χ2v) is 4.09. The van der Waals surface area contributed by atoms with Crippen molar-refractivity contribution in [3.05, 3.63) is 54.1 Å². The quantitative estimate of drug-likeness (QED) is 0.758. The summed E-state index contributed by atoms with van der Waals surface area (Å²) in [5.74, 6) is 0.757. The molecule has 0 radical (unpaired) electrons. The van der Waals surface area contributed by atoms with Gasteiger partial charge in [0.1, 0.15) is 0 Å². The summed E-state index contributed by atoms with van der Waals surface area (Å²) in [4.78, 5) is 5.45. The number of hydrogen-bond donors (Lipinski definition) is 0. The molecular formula is C15H14N2O. The van der Waals surface area contributed by atoms with Crippen LogP contribution in [0.1, 0.15) is 12.0 Å². The van der Waals surface area contributed by atoms with Crippen molar-refractivity contribution < 1.29 is 4.84 Å². The van der Waals surface area contributed by atoms with Crippen molar-refractivity contribution in [3.63, 3.8) is 0 Å². The van der Waals surface area contributed by atoms with Crippen LogP contribution in [0.25, 0.3) is 0 Å². The zero-order chi connectivity index (χ0) is 12.8. The molecule has 3 heteroatoms. The van der Waals surface area contributed by atoms with E-state index in [-0.39, 0.29) is 5.92 Å². The largest absolute Gasteiger partial charge is 0.356 e. The van der Waals surface area contributed by atoms with Crippen LogP contribution in [0.2, 0.25) is 0 Å². The van der Waals surface area contributed by atoms with E-state index < -0.39 is 0 Å². The molecule has 0 spiro atoms. The van der Waals surface area contributed by atoms with Crippen LogP contribution in [0.15, 0.2) is 53.7 Å². The van der Waals surface area contributed by atoms with Crippen LogP contribution in [-0.4, -0.2) is 5.71 Å². The van der Waals surface area contributed by atoms with Gasteiger partial charge in [-0.15, -0.1) is 0 Å². The first-order valence-electron chi connectivity index (χ1n) is 5.83. The molecule has 0 amide bonds. The summed E-state index contributed by atoms with van der Waals surface area (Å²) in [6, 6.07) is 9.87. The van der Waals surface area contributed by atoms with Gasteiger partial charge in [0.05, 0.1) is 11.8 Å². The smallest absolute Gasteiger partial charge is 0.160 e. The Hall–Kier alpha value is -2.34. The first kappa shape index (κ1) is 12.1. The fraction of sp³-hybridized carbons (Fsp3) is 0.200. The van der Waals surface area contributed by atoms with E-state index in [1.54, 1.807) is 0 Å². The Labute approximate surface area is 107 Å². The third-order valence-corrected chi connectivity index (χ3v) is 2.76. The standard InChI is InChI=1S/C15H14N2O/c1-12-6-2-5-9-15(12)18-17-14-8-4-3-7-13(14)10-11-16/h2-9,13H,10H2,1H3. The van der Waals surface area contributed by atoms with Crippen molar-refractivity contribution in [1.82, 2.24) is 0 Å². The zero-order valence-electron chi connectivity index (χ0n) is 10.2. The minimum Gasteiger partial charge on any atom is -0.356 e. The molecule has 0 saturated heterocycles. The van der Waals surface area contributed by atoms with Gasteiger partial charge in [-0.05, 0) is 24.6 Å². The molecule has 18 heavy (non-hydrogen) atoms. The van der Waals surface area contributed by atoms with Crippen molar-refractivity contribution in [2.45, 2.75) is 13.3 Å². The Kier molecular flexibility index (Phi) is 3.93. The van der Waals surface area contributed by atoms with Crippen LogP contribution in [0.3, 0.4) is 0 Å². The normalized spacial score (nSPS) is 19.8. The molecule has 1 aromatic carbocycles. The van der Waals surface area contributed by atoms with Gasteiger partial charge >= 0.3 is 0 Å². The summed E-state index contributed by atoms with van der Waals surface area (Å²) in [7, 11) is 0. The Morgan fingerprint density at radius 1 is 1.33 bits per heavy atom. The molecule has 0 fully saturated rings. The fourth-order valence-electron chi connectivity index (χ4n) is 1.70. The number of aryl methyl sites for hydroxylation is 1. The maximum absolute atomic E-state index is 8.76. The number of allylic oxidation sites excluding steroid dienone is 4. The third-order valence-electron chi connectivity index (χ3n) is 2.76. The van der Waals surface area contributed by atoms with E-state index >= 15 is 0 Å². The lowest BCUT2D eigenvalue weighted by molar-refractivity contribution is 0.336. The lowest BCUT2D eigenvalue weighted by Gasteiger charge is -2.12. The number of oxime groups is 1. The number of para-hydroxylation sites is 1. The van der Waals surface area contributed by atoms with Crippen LogP contribution in [0.5, 0.6) is 5.75 Å². The van der Waals surface area contributed by atoms with Crippen LogP contribution in [0, 0.1) is 24.2 Å². The average molecular weight is 238 g/mol.